The minimum atomic E-state index is -0.0417. The first kappa shape index (κ1) is 13.9. The van der Waals surface area contributed by atoms with Crippen LogP contribution in [0.5, 0.6) is 5.75 Å². The van der Waals surface area contributed by atoms with E-state index in [-0.39, 0.29) is 11.2 Å². The number of thioether (sulfide) groups is 1. The van der Waals surface area contributed by atoms with Crippen LogP contribution in [0.2, 0.25) is 0 Å². The van der Waals surface area contributed by atoms with Crippen molar-refractivity contribution >= 4 is 23.4 Å². The molecule has 0 bridgehead atoms. The maximum absolute atomic E-state index is 12.1. The third kappa shape index (κ3) is 3.66. The second-order valence-electron chi connectivity index (χ2n) is 4.09. The molecule has 0 aliphatic rings. The standard InChI is InChI=1S/C13H19NO2S/c1-9(2)12(17-4)13(15)14-10-7-5-6-8-11(10)16-3/h5-9,12H,1-4H3,(H,14,15)/t12-/m0/s1. The van der Waals surface area contributed by atoms with Gasteiger partial charge in [-0.2, -0.15) is 11.8 Å². The first-order valence-corrected chi connectivity index (χ1v) is 6.85. The fourth-order valence-electron chi connectivity index (χ4n) is 1.63. The minimum absolute atomic E-state index is 0.0250. The molecule has 0 spiro atoms. The van der Waals surface area contributed by atoms with Gasteiger partial charge in [0.2, 0.25) is 5.91 Å². The number of hydrogen-bond acceptors (Lipinski definition) is 3. The Morgan fingerprint density at radius 2 is 2.00 bits per heavy atom. The number of para-hydroxylation sites is 2. The van der Waals surface area contributed by atoms with Crippen LogP contribution in [-0.2, 0) is 4.79 Å². The molecule has 3 nitrogen and oxygen atoms in total. The summed E-state index contributed by atoms with van der Waals surface area (Å²) in [6, 6.07) is 7.43. The smallest absolute Gasteiger partial charge is 0.237 e. The predicted octanol–water partition coefficient (Wildman–Crippen LogP) is 3.02. The van der Waals surface area contributed by atoms with Gasteiger partial charge < -0.3 is 10.1 Å². The highest BCUT2D eigenvalue weighted by Gasteiger charge is 2.21. The molecule has 0 aliphatic heterocycles. The zero-order valence-corrected chi connectivity index (χ0v) is 11.5. The first-order chi connectivity index (χ1) is 8.10. The van der Waals surface area contributed by atoms with Gasteiger partial charge in [0.1, 0.15) is 5.75 Å². The van der Waals surface area contributed by atoms with Crippen LogP contribution in [0.3, 0.4) is 0 Å². The van der Waals surface area contributed by atoms with Crippen LogP contribution in [0, 0.1) is 5.92 Å². The van der Waals surface area contributed by atoms with E-state index in [1.54, 1.807) is 18.9 Å². The van der Waals surface area contributed by atoms with E-state index in [2.05, 4.69) is 5.32 Å². The Morgan fingerprint density at radius 1 is 1.35 bits per heavy atom. The molecule has 4 heteroatoms. The summed E-state index contributed by atoms with van der Waals surface area (Å²) < 4.78 is 5.20. The number of hydrogen-bond donors (Lipinski definition) is 1. The SMILES string of the molecule is COc1ccccc1NC(=O)[C@@H](SC)C(C)C. The van der Waals surface area contributed by atoms with E-state index < -0.39 is 0 Å². The van der Waals surface area contributed by atoms with Gasteiger partial charge in [0.15, 0.2) is 0 Å². The molecular weight excluding hydrogens is 234 g/mol. The van der Waals surface area contributed by atoms with E-state index in [1.165, 1.54) is 0 Å². The molecule has 1 aromatic carbocycles. The number of ether oxygens (including phenoxy) is 1. The minimum Gasteiger partial charge on any atom is -0.495 e. The van der Waals surface area contributed by atoms with Gasteiger partial charge >= 0.3 is 0 Å². The van der Waals surface area contributed by atoms with Crippen LogP contribution in [0.25, 0.3) is 0 Å². The fourth-order valence-corrected chi connectivity index (χ4v) is 2.45. The Hall–Kier alpha value is -1.16. The normalized spacial score (nSPS) is 12.3. The van der Waals surface area contributed by atoms with Crippen LogP contribution in [0.1, 0.15) is 13.8 Å². The average molecular weight is 253 g/mol. The lowest BCUT2D eigenvalue weighted by molar-refractivity contribution is -0.116. The largest absolute Gasteiger partial charge is 0.495 e. The molecule has 0 aromatic heterocycles. The van der Waals surface area contributed by atoms with Crippen LogP contribution >= 0.6 is 11.8 Å². The van der Waals surface area contributed by atoms with Gasteiger partial charge in [0.05, 0.1) is 18.0 Å². The zero-order chi connectivity index (χ0) is 12.8. The topological polar surface area (TPSA) is 38.3 Å². The molecule has 17 heavy (non-hydrogen) atoms. The lowest BCUT2D eigenvalue weighted by atomic mass is 10.1. The fraction of sp³-hybridized carbons (Fsp3) is 0.462. The Morgan fingerprint density at radius 3 is 2.53 bits per heavy atom. The molecule has 0 aliphatic carbocycles. The number of anilines is 1. The van der Waals surface area contributed by atoms with Crippen molar-refractivity contribution in [2.24, 2.45) is 5.92 Å². The molecule has 1 aromatic rings. The van der Waals surface area contributed by atoms with Crippen LogP contribution in [-0.4, -0.2) is 24.5 Å². The maximum Gasteiger partial charge on any atom is 0.237 e. The Kier molecular flexibility index (Phi) is 5.35. The molecule has 1 N–H and O–H groups in total. The highest BCUT2D eigenvalue weighted by molar-refractivity contribution is 7.99. The number of methoxy groups -OCH3 is 1. The highest BCUT2D eigenvalue weighted by Crippen LogP contribution is 2.25. The lowest BCUT2D eigenvalue weighted by Gasteiger charge is -2.18. The second kappa shape index (κ2) is 6.55. The number of amides is 1. The quantitative estimate of drug-likeness (QED) is 0.876. The Bertz CT molecular complexity index is 379. The molecule has 0 radical (unpaired) electrons. The van der Waals surface area contributed by atoms with E-state index in [0.29, 0.717) is 11.7 Å². The summed E-state index contributed by atoms with van der Waals surface area (Å²) in [7, 11) is 1.60. The van der Waals surface area contributed by atoms with Crippen molar-refractivity contribution < 1.29 is 9.53 Å². The lowest BCUT2D eigenvalue weighted by Crippen LogP contribution is -2.29. The van der Waals surface area contributed by atoms with E-state index in [4.69, 9.17) is 4.74 Å². The summed E-state index contributed by atoms with van der Waals surface area (Å²) in [5.74, 6) is 1.01. The van der Waals surface area contributed by atoms with Gasteiger partial charge in [0.25, 0.3) is 0 Å². The van der Waals surface area contributed by atoms with Crippen molar-refractivity contribution in [1.29, 1.82) is 0 Å². The van der Waals surface area contributed by atoms with Crippen molar-refractivity contribution in [3.8, 4) is 5.75 Å². The van der Waals surface area contributed by atoms with Crippen LogP contribution in [0.4, 0.5) is 5.69 Å². The van der Waals surface area contributed by atoms with Crippen LogP contribution in [0.15, 0.2) is 24.3 Å². The van der Waals surface area contributed by atoms with Gasteiger partial charge in [-0.15, -0.1) is 0 Å². The summed E-state index contributed by atoms with van der Waals surface area (Å²) in [5, 5.41) is 2.87. The Balaban J connectivity index is 2.80. The van der Waals surface area contributed by atoms with Crippen molar-refractivity contribution in [2.45, 2.75) is 19.1 Å². The molecule has 0 fully saturated rings. The molecule has 94 valence electrons. The van der Waals surface area contributed by atoms with E-state index in [0.717, 1.165) is 5.69 Å². The van der Waals surface area contributed by atoms with Crippen molar-refractivity contribution in [3.63, 3.8) is 0 Å². The number of nitrogens with one attached hydrogen (secondary N) is 1. The van der Waals surface area contributed by atoms with Gasteiger partial charge in [-0.3, -0.25) is 4.79 Å². The number of rotatable bonds is 5. The summed E-state index contributed by atoms with van der Waals surface area (Å²) in [6.07, 6.45) is 1.95. The number of carbonyl (C=O) groups is 1. The van der Waals surface area contributed by atoms with Crippen molar-refractivity contribution in [2.75, 3.05) is 18.7 Å². The highest BCUT2D eigenvalue weighted by atomic mass is 32.2. The summed E-state index contributed by atoms with van der Waals surface area (Å²) in [6.45, 7) is 4.09. The zero-order valence-electron chi connectivity index (χ0n) is 10.7. The maximum atomic E-state index is 12.1. The molecule has 0 unspecified atom stereocenters. The predicted molar refractivity (Wildman–Crippen MR) is 73.8 cm³/mol. The molecule has 0 heterocycles. The third-order valence-electron chi connectivity index (χ3n) is 2.48. The van der Waals surface area contributed by atoms with E-state index in [9.17, 15) is 4.79 Å². The van der Waals surface area contributed by atoms with Crippen molar-refractivity contribution in [1.82, 2.24) is 0 Å². The molecule has 1 rings (SSSR count). The van der Waals surface area contributed by atoms with Gasteiger partial charge in [-0.05, 0) is 24.3 Å². The summed E-state index contributed by atoms with van der Waals surface area (Å²) in [5.41, 5.74) is 0.722. The van der Waals surface area contributed by atoms with Crippen molar-refractivity contribution in [3.05, 3.63) is 24.3 Å². The van der Waals surface area contributed by atoms with Gasteiger partial charge in [0, 0.05) is 0 Å². The molecule has 1 amide bonds. The van der Waals surface area contributed by atoms with E-state index >= 15 is 0 Å². The average Bonchev–Trinajstić information content (AvgIpc) is 2.30. The van der Waals surface area contributed by atoms with Crippen LogP contribution < -0.4 is 10.1 Å². The number of carbonyl (C=O) groups excluding carboxylic acids is 1. The Labute approximate surface area is 107 Å². The van der Waals surface area contributed by atoms with Gasteiger partial charge in [-0.25, -0.2) is 0 Å². The summed E-state index contributed by atoms with van der Waals surface area (Å²) >= 11 is 1.57. The third-order valence-corrected chi connectivity index (χ3v) is 3.75. The molecular formula is C13H19NO2S. The molecule has 0 saturated heterocycles. The van der Waals surface area contributed by atoms with E-state index in [1.807, 2.05) is 44.4 Å². The molecule has 1 atom stereocenters. The van der Waals surface area contributed by atoms with Gasteiger partial charge in [-0.1, -0.05) is 26.0 Å². The molecule has 0 saturated carbocycles. The second-order valence-corrected chi connectivity index (χ2v) is 5.07. The monoisotopic (exact) mass is 253 g/mol. The summed E-state index contributed by atoms with van der Waals surface area (Å²) in [4.78, 5) is 12.1. The first-order valence-electron chi connectivity index (χ1n) is 5.56. The number of benzene rings is 1.